The molecule has 0 radical (unpaired) electrons. The lowest BCUT2D eigenvalue weighted by Gasteiger charge is -2.41. The second-order valence-electron chi connectivity index (χ2n) is 8.28. The molecule has 0 N–H and O–H groups in total. The molecule has 32 heavy (non-hydrogen) atoms. The van der Waals surface area contributed by atoms with Gasteiger partial charge in [0.05, 0.1) is 12.1 Å². The SMILES string of the molecule is C[C@@H](c1nnc(-c2ccccc2)o1)N1CCN(C(c2ccccc2)c2ccccc2)CC1. The highest BCUT2D eigenvalue weighted by Gasteiger charge is 2.30. The van der Waals surface area contributed by atoms with Crippen LogP contribution < -0.4 is 0 Å². The summed E-state index contributed by atoms with van der Waals surface area (Å²) in [7, 11) is 0. The number of rotatable bonds is 6. The van der Waals surface area contributed by atoms with Crippen molar-refractivity contribution in [1.82, 2.24) is 20.0 Å². The average Bonchev–Trinajstić information content (AvgIpc) is 3.37. The van der Waals surface area contributed by atoms with Crippen molar-refractivity contribution in [2.45, 2.75) is 19.0 Å². The number of nitrogens with zero attached hydrogens (tertiary/aromatic N) is 4. The van der Waals surface area contributed by atoms with E-state index in [0.29, 0.717) is 11.8 Å². The van der Waals surface area contributed by atoms with Crippen LogP contribution in [0.1, 0.15) is 36.0 Å². The molecule has 0 bridgehead atoms. The quantitative estimate of drug-likeness (QED) is 0.425. The summed E-state index contributed by atoms with van der Waals surface area (Å²) in [5.74, 6) is 1.26. The highest BCUT2D eigenvalue weighted by Crippen LogP contribution is 2.31. The molecule has 0 amide bonds. The van der Waals surface area contributed by atoms with E-state index < -0.39 is 0 Å². The van der Waals surface area contributed by atoms with E-state index in [1.807, 2.05) is 30.3 Å². The van der Waals surface area contributed by atoms with Gasteiger partial charge in [-0.25, -0.2) is 0 Å². The summed E-state index contributed by atoms with van der Waals surface area (Å²) in [6.45, 7) is 6.04. The largest absolute Gasteiger partial charge is 0.419 e. The molecule has 1 fully saturated rings. The Morgan fingerprint density at radius 3 is 1.72 bits per heavy atom. The summed E-state index contributed by atoms with van der Waals surface area (Å²) in [6.07, 6.45) is 0. The monoisotopic (exact) mass is 424 g/mol. The third-order valence-corrected chi connectivity index (χ3v) is 6.31. The van der Waals surface area contributed by atoms with Gasteiger partial charge < -0.3 is 4.42 Å². The number of aromatic nitrogens is 2. The molecular weight excluding hydrogens is 396 g/mol. The summed E-state index contributed by atoms with van der Waals surface area (Å²) in [6, 6.07) is 31.9. The predicted molar refractivity (Wildman–Crippen MR) is 126 cm³/mol. The Balaban J connectivity index is 1.29. The van der Waals surface area contributed by atoms with E-state index in [-0.39, 0.29) is 12.1 Å². The molecule has 1 aliphatic rings. The van der Waals surface area contributed by atoms with E-state index >= 15 is 0 Å². The van der Waals surface area contributed by atoms with Gasteiger partial charge in [0.15, 0.2) is 0 Å². The number of hydrogen-bond acceptors (Lipinski definition) is 5. The molecule has 2 heterocycles. The second-order valence-corrected chi connectivity index (χ2v) is 8.28. The molecule has 5 heteroatoms. The molecule has 0 saturated carbocycles. The number of piperazine rings is 1. The lowest BCUT2D eigenvalue weighted by molar-refractivity contribution is 0.0751. The van der Waals surface area contributed by atoms with Crippen molar-refractivity contribution in [3.8, 4) is 11.5 Å². The molecule has 1 atom stereocenters. The molecule has 0 aliphatic carbocycles. The van der Waals surface area contributed by atoms with Crippen LogP contribution in [-0.4, -0.2) is 46.2 Å². The molecule has 1 aromatic heterocycles. The van der Waals surface area contributed by atoms with Gasteiger partial charge in [-0.15, -0.1) is 10.2 Å². The first-order valence-corrected chi connectivity index (χ1v) is 11.3. The Bertz CT molecular complexity index is 1070. The summed E-state index contributed by atoms with van der Waals surface area (Å²) >= 11 is 0. The Kier molecular flexibility index (Phi) is 6.10. The van der Waals surface area contributed by atoms with Crippen LogP contribution in [0.4, 0.5) is 0 Å². The number of hydrogen-bond donors (Lipinski definition) is 0. The lowest BCUT2D eigenvalue weighted by atomic mass is 9.96. The minimum Gasteiger partial charge on any atom is -0.419 e. The Labute approximate surface area is 189 Å². The third kappa shape index (κ3) is 4.35. The minimum atomic E-state index is 0.0917. The summed E-state index contributed by atoms with van der Waals surface area (Å²) in [5.41, 5.74) is 3.63. The van der Waals surface area contributed by atoms with Crippen molar-refractivity contribution in [3.05, 3.63) is 108 Å². The summed E-state index contributed by atoms with van der Waals surface area (Å²) in [4.78, 5) is 5.02. The molecule has 4 aromatic rings. The Hall–Kier alpha value is -3.28. The maximum Gasteiger partial charge on any atom is 0.247 e. The topological polar surface area (TPSA) is 45.4 Å². The van der Waals surface area contributed by atoms with E-state index in [0.717, 1.165) is 31.7 Å². The van der Waals surface area contributed by atoms with Crippen molar-refractivity contribution >= 4 is 0 Å². The van der Waals surface area contributed by atoms with Gasteiger partial charge in [-0.2, -0.15) is 0 Å². The first kappa shape index (κ1) is 20.6. The van der Waals surface area contributed by atoms with Crippen molar-refractivity contribution < 1.29 is 4.42 Å². The second kappa shape index (κ2) is 9.47. The van der Waals surface area contributed by atoms with Crippen molar-refractivity contribution in [3.63, 3.8) is 0 Å². The van der Waals surface area contributed by atoms with Gasteiger partial charge in [-0.05, 0) is 30.2 Å². The van der Waals surface area contributed by atoms with E-state index in [2.05, 4.69) is 87.6 Å². The van der Waals surface area contributed by atoms with Crippen molar-refractivity contribution in [2.24, 2.45) is 0 Å². The van der Waals surface area contributed by atoms with Crippen LogP contribution in [0.15, 0.2) is 95.4 Å². The van der Waals surface area contributed by atoms with E-state index in [4.69, 9.17) is 4.42 Å². The number of benzene rings is 3. The highest BCUT2D eigenvalue weighted by atomic mass is 16.4. The van der Waals surface area contributed by atoms with Crippen LogP contribution in [0.25, 0.3) is 11.5 Å². The zero-order valence-electron chi connectivity index (χ0n) is 18.3. The van der Waals surface area contributed by atoms with Crippen LogP contribution in [0.3, 0.4) is 0 Å². The van der Waals surface area contributed by atoms with Gasteiger partial charge in [-0.3, -0.25) is 9.80 Å². The molecule has 0 unspecified atom stereocenters. The van der Waals surface area contributed by atoms with Gasteiger partial charge in [0.2, 0.25) is 11.8 Å². The van der Waals surface area contributed by atoms with Crippen LogP contribution in [0.2, 0.25) is 0 Å². The van der Waals surface area contributed by atoms with E-state index in [9.17, 15) is 0 Å². The fourth-order valence-electron chi connectivity index (χ4n) is 4.52. The minimum absolute atomic E-state index is 0.0917. The van der Waals surface area contributed by atoms with Gasteiger partial charge >= 0.3 is 0 Å². The molecule has 5 rings (SSSR count). The van der Waals surface area contributed by atoms with Gasteiger partial charge in [0, 0.05) is 31.7 Å². The smallest absolute Gasteiger partial charge is 0.247 e. The Morgan fingerprint density at radius 2 is 1.16 bits per heavy atom. The molecule has 3 aromatic carbocycles. The average molecular weight is 425 g/mol. The zero-order valence-corrected chi connectivity index (χ0v) is 18.3. The van der Waals surface area contributed by atoms with Crippen molar-refractivity contribution in [1.29, 1.82) is 0 Å². The fourth-order valence-corrected chi connectivity index (χ4v) is 4.52. The van der Waals surface area contributed by atoms with Crippen LogP contribution in [0, 0.1) is 0 Å². The van der Waals surface area contributed by atoms with Gasteiger partial charge in [0.1, 0.15) is 0 Å². The van der Waals surface area contributed by atoms with Crippen LogP contribution >= 0.6 is 0 Å². The first-order valence-electron chi connectivity index (χ1n) is 11.3. The normalized spacial score (nSPS) is 16.3. The first-order chi connectivity index (χ1) is 15.8. The molecule has 1 saturated heterocycles. The zero-order chi connectivity index (χ0) is 21.8. The molecule has 1 aliphatic heterocycles. The third-order valence-electron chi connectivity index (χ3n) is 6.31. The molecule has 162 valence electrons. The summed E-state index contributed by atoms with van der Waals surface area (Å²) in [5, 5.41) is 8.62. The van der Waals surface area contributed by atoms with Crippen LogP contribution in [-0.2, 0) is 0 Å². The van der Waals surface area contributed by atoms with E-state index in [1.165, 1.54) is 11.1 Å². The van der Waals surface area contributed by atoms with Gasteiger partial charge in [-0.1, -0.05) is 78.9 Å². The van der Waals surface area contributed by atoms with Gasteiger partial charge in [0.25, 0.3) is 0 Å². The van der Waals surface area contributed by atoms with Crippen LogP contribution in [0.5, 0.6) is 0 Å². The maximum absolute atomic E-state index is 6.02. The Morgan fingerprint density at radius 1 is 0.656 bits per heavy atom. The maximum atomic E-state index is 6.02. The summed E-state index contributed by atoms with van der Waals surface area (Å²) < 4.78 is 6.02. The van der Waals surface area contributed by atoms with E-state index in [1.54, 1.807) is 0 Å². The predicted octanol–water partition coefficient (Wildman–Crippen LogP) is 5.20. The standard InChI is InChI=1S/C27H28N4O/c1-21(26-28-29-27(32-26)24-15-9-4-10-16-24)30-17-19-31(20-18-30)25(22-11-5-2-6-12-22)23-13-7-3-8-14-23/h2-16,21,25H,17-20H2,1H3/t21-/m0/s1. The fraction of sp³-hybridized carbons (Fsp3) is 0.259. The lowest BCUT2D eigenvalue weighted by Crippen LogP contribution is -2.48. The molecular formula is C27H28N4O. The van der Waals surface area contributed by atoms with Crippen molar-refractivity contribution in [2.75, 3.05) is 26.2 Å². The molecule has 0 spiro atoms. The highest BCUT2D eigenvalue weighted by molar-refractivity contribution is 5.51. The molecule has 5 nitrogen and oxygen atoms in total.